The maximum atomic E-state index is 4.45. The molecule has 0 radical (unpaired) electrons. The molecule has 1 N–H and O–H groups in total. The van der Waals surface area contributed by atoms with Crippen LogP contribution in [-0.4, -0.2) is 21.3 Å². The Kier molecular flexibility index (Phi) is 2.97. The molecule has 4 heteroatoms. The van der Waals surface area contributed by atoms with E-state index in [-0.39, 0.29) is 0 Å². The first-order valence-corrected chi connectivity index (χ1v) is 7.52. The van der Waals surface area contributed by atoms with Crippen LogP contribution in [0.15, 0.2) is 42.5 Å². The lowest BCUT2D eigenvalue weighted by Gasteiger charge is -2.24. The number of nitrogens with one attached hydrogen (secondary N) is 1. The van der Waals surface area contributed by atoms with Gasteiger partial charge >= 0.3 is 0 Å². The van der Waals surface area contributed by atoms with E-state index >= 15 is 0 Å². The molecule has 0 fully saturated rings. The van der Waals surface area contributed by atoms with Crippen LogP contribution >= 0.6 is 0 Å². The molecule has 0 spiro atoms. The highest BCUT2D eigenvalue weighted by Gasteiger charge is 2.23. The van der Waals surface area contributed by atoms with E-state index < -0.39 is 0 Å². The SMILES string of the molecule is CCC1NCCn2c(-c3ccc4ccccc4c3)nnc21. The molecule has 0 aliphatic carbocycles. The molecule has 1 aliphatic rings. The molecule has 4 rings (SSSR count). The van der Waals surface area contributed by atoms with E-state index in [0.29, 0.717) is 6.04 Å². The van der Waals surface area contributed by atoms with Crippen molar-refractivity contribution in [2.45, 2.75) is 25.9 Å². The third kappa shape index (κ3) is 2.03. The molecular weight excluding hydrogens is 260 g/mol. The van der Waals surface area contributed by atoms with Crippen LogP contribution in [0.1, 0.15) is 25.2 Å². The van der Waals surface area contributed by atoms with Crippen molar-refractivity contribution in [3.63, 3.8) is 0 Å². The molecule has 0 bridgehead atoms. The Morgan fingerprint density at radius 3 is 2.86 bits per heavy atom. The number of rotatable bonds is 2. The van der Waals surface area contributed by atoms with Crippen LogP contribution in [0, 0.1) is 0 Å². The Labute approximate surface area is 123 Å². The molecule has 1 aromatic heterocycles. The number of hydrogen-bond donors (Lipinski definition) is 1. The third-order valence-corrected chi connectivity index (χ3v) is 4.23. The van der Waals surface area contributed by atoms with Gasteiger partial charge in [0.15, 0.2) is 11.6 Å². The minimum Gasteiger partial charge on any atom is -0.308 e. The van der Waals surface area contributed by atoms with Gasteiger partial charge in [-0.2, -0.15) is 0 Å². The largest absolute Gasteiger partial charge is 0.308 e. The van der Waals surface area contributed by atoms with Crippen molar-refractivity contribution in [2.24, 2.45) is 0 Å². The zero-order chi connectivity index (χ0) is 14.2. The predicted octanol–water partition coefficient (Wildman–Crippen LogP) is 3.15. The fourth-order valence-electron chi connectivity index (χ4n) is 3.10. The number of fused-ring (bicyclic) bond motifs is 2. The van der Waals surface area contributed by atoms with E-state index in [0.717, 1.165) is 36.7 Å². The van der Waals surface area contributed by atoms with Gasteiger partial charge in [0.05, 0.1) is 6.04 Å². The molecule has 4 nitrogen and oxygen atoms in total. The molecule has 2 heterocycles. The first-order chi connectivity index (χ1) is 10.4. The minimum absolute atomic E-state index is 0.320. The van der Waals surface area contributed by atoms with Crippen molar-refractivity contribution in [3.8, 4) is 11.4 Å². The Morgan fingerprint density at radius 1 is 1.14 bits per heavy atom. The lowest BCUT2D eigenvalue weighted by atomic mass is 10.1. The molecule has 1 unspecified atom stereocenters. The summed E-state index contributed by atoms with van der Waals surface area (Å²) in [7, 11) is 0. The van der Waals surface area contributed by atoms with E-state index in [1.54, 1.807) is 0 Å². The van der Waals surface area contributed by atoms with Gasteiger partial charge in [0.25, 0.3) is 0 Å². The van der Waals surface area contributed by atoms with Crippen LogP contribution in [0.4, 0.5) is 0 Å². The molecule has 1 aliphatic heterocycles. The molecule has 0 saturated heterocycles. The van der Waals surface area contributed by atoms with Gasteiger partial charge in [-0.1, -0.05) is 43.3 Å². The molecular formula is C17H18N4. The normalized spacial score (nSPS) is 17.9. The van der Waals surface area contributed by atoms with Gasteiger partial charge in [0, 0.05) is 18.7 Å². The van der Waals surface area contributed by atoms with Crippen molar-refractivity contribution in [3.05, 3.63) is 48.3 Å². The summed E-state index contributed by atoms with van der Waals surface area (Å²) in [5, 5.41) is 14.9. The highest BCUT2D eigenvalue weighted by Crippen LogP contribution is 2.27. The lowest BCUT2D eigenvalue weighted by Crippen LogP contribution is -2.33. The highest BCUT2D eigenvalue weighted by molar-refractivity contribution is 5.86. The Morgan fingerprint density at radius 2 is 2.00 bits per heavy atom. The first kappa shape index (κ1) is 12.5. The molecule has 3 aromatic rings. The van der Waals surface area contributed by atoms with Crippen LogP contribution in [0.2, 0.25) is 0 Å². The Hall–Kier alpha value is -2.20. The summed E-state index contributed by atoms with van der Waals surface area (Å²) in [6.45, 7) is 4.09. The van der Waals surface area contributed by atoms with Crippen LogP contribution in [0.3, 0.4) is 0 Å². The predicted molar refractivity (Wildman–Crippen MR) is 84.0 cm³/mol. The zero-order valence-electron chi connectivity index (χ0n) is 12.1. The molecule has 106 valence electrons. The average Bonchev–Trinajstić information content (AvgIpc) is 2.98. The minimum atomic E-state index is 0.320. The fraction of sp³-hybridized carbons (Fsp3) is 0.294. The van der Waals surface area contributed by atoms with E-state index in [2.05, 4.69) is 69.5 Å². The summed E-state index contributed by atoms with van der Waals surface area (Å²) >= 11 is 0. The second kappa shape index (κ2) is 4.97. The average molecular weight is 278 g/mol. The number of hydrogen-bond acceptors (Lipinski definition) is 3. The fourth-order valence-corrected chi connectivity index (χ4v) is 3.10. The van der Waals surface area contributed by atoms with E-state index in [4.69, 9.17) is 0 Å². The molecule has 0 amide bonds. The molecule has 0 saturated carbocycles. The summed E-state index contributed by atoms with van der Waals surface area (Å²) in [5.41, 5.74) is 1.14. The van der Waals surface area contributed by atoms with Gasteiger partial charge < -0.3 is 9.88 Å². The Balaban J connectivity index is 1.84. The summed E-state index contributed by atoms with van der Waals surface area (Å²) < 4.78 is 2.26. The van der Waals surface area contributed by atoms with Crippen LogP contribution in [0.25, 0.3) is 22.2 Å². The van der Waals surface area contributed by atoms with Gasteiger partial charge in [0.2, 0.25) is 0 Å². The highest BCUT2D eigenvalue weighted by atomic mass is 15.3. The van der Waals surface area contributed by atoms with Crippen LogP contribution < -0.4 is 5.32 Å². The molecule has 2 aromatic carbocycles. The monoisotopic (exact) mass is 278 g/mol. The standard InChI is InChI=1S/C17H18N4/c1-2-15-17-20-19-16(21(17)10-9-18-15)14-8-7-12-5-3-4-6-13(12)11-14/h3-8,11,15,18H,2,9-10H2,1H3. The quantitative estimate of drug-likeness (QED) is 0.783. The zero-order valence-corrected chi connectivity index (χ0v) is 12.1. The summed E-state index contributed by atoms with van der Waals surface area (Å²) in [4.78, 5) is 0. The summed E-state index contributed by atoms with van der Waals surface area (Å²) in [6.07, 6.45) is 1.04. The van der Waals surface area contributed by atoms with E-state index in [1.165, 1.54) is 10.8 Å². The Bertz CT molecular complexity index is 790. The van der Waals surface area contributed by atoms with Gasteiger partial charge in [-0.3, -0.25) is 0 Å². The van der Waals surface area contributed by atoms with Gasteiger partial charge in [0.1, 0.15) is 0 Å². The van der Waals surface area contributed by atoms with Crippen molar-refractivity contribution < 1.29 is 0 Å². The molecule has 1 atom stereocenters. The van der Waals surface area contributed by atoms with Crippen LogP contribution in [-0.2, 0) is 6.54 Å². The van der Waals surface area contributed by atoms with Crippen molar-refractivity contribution in [1.29, 1.82) is 0 Å². The second-order valence-electron chi connectivity index (χ2n) is 5.51. The second-order valence-corrected chi connectivity index (χ2v) is 5.51. The summed E-state index contributed by atoms with van der Waals surface area (Å²) in [5.74, 6) is 2.04. The number of benzene rings is 2. The maximum Gasteiger partial charge on any atom is 0.164 e. The first-order valence-electron chi connectivity index (χ1n) is 7.52. The summed E-state index contributed by atoms with van der Waals surface area (Å²) in [6, 6.07) is 15.2. The van der Waals surface area contributed by atoms with Gasteiger partial charge in [-0.05, 0) is 23.3 Å². The van der Waals surface area contributed by atoms with E-state index in [9.17, 15) is 0 Å². The number of nitrogens with zero attached hydrogens (tertiary/aromatic N) is 3. The maximum absolute atomic E-state index is 4.45. The smallest absolute Gasteiger partial charge is 0.164 e. The van der Waals surface area contributed by atoms with Gasteiger partial charge in [-0.25, -0.2) is 0 Å². The van der Waals surface area contributed by atoms with Crippen molar-refractivity contribution in [1.82, 2.24) is 20.1 Å². The number of aromatic nitrogens is 3. The third-order valence-electron chi connectivity index (χ3n) is 4.23. The lowest BCUT2D eigenvalue weighted by molar-refractivity contribution is 0.407. The topological polar surface area (TPSA) is 42.7 Å². The van der Waals surface area contributed by atoms with Crippen molar-refractivity contribution >= 4 is 10.8 Å². The van der Waals surface area contributed by atoms with Crippen LogP contribution in [0.5, 0.6) is 0 Å². The van der Waals surface area contributed by atoms with Crippen molar-refractivity contribution in [2.75, 3.05) is 6.54 Å². The van der Waals surface area contributed by atoms with Gasteiger partial charge in [-0.15, -0.1) is 10.2 Å². The van der Waals surface area contributed by atoms with E-state index in [1.807, 2.05) is 0 Å². The molecule has 21 heavy (non-hydrogen) atoms.